The van der Waals surface area contributed by atoms with Crippen LogP contribution in [0.5, 0.6) is 0 Å². The van der Waals surface area contributed by atoms with Gasteiger partial charge in [-0.1, -0.05) is 5.92 Å². The molecule has 3 N–H and O–H groups in total. The summed E-state index contributed by atoms with van der Waals surface area (Å²) in [6.45, 7) is 2.13. The van der Waals surface area contributed by atoms with Gasteiger partial charge in [0, 0.05) is 41.5 Å². The van der Waals surface area contributed by atoms with Crippen molar-refractivity contribution in [1.29, 1.82) is 0 Å². The molecule has 2 aliphatic heterocycles. The lowest BCUT2D eigenvalue weighted by atomic mass is 10.0. The van der Waals surface area contributed by atoms with Gasteiger partial charge in [-0.15, -0.1) is 11.3 Å². The Balaban J connectivity index is 1.58. The van der Waals surface area contributed by atoms with Crippen LogP contribution < -0.4 is 11.1 Å². The standard InChI is InChI=1S/C17H16N4O2S/c18-15(22)2-1-11-9-24-14-7-19-13(6-12(11)14)17(23)20-16-5-10-3-4-21(16)8-10/h6-7,9-10,16H,3-5,8H2,(H2,18,22)(H,20,23). The summed E-state index contributed by atoms with van der Waals surface area (Å²) < 4.78 is 0.920. The van der Waals surface area contributed by atoms with Gasteiger partial charge in [-0.2, -0.15) is 0 Å². The molecule has 3 unspecified atom stereocenters. The fourth-order valence-electron chi connectivity index (χ4n) is 3.46. The monoisotopic (exact) mass is 340 g/mol. The maximum absolute atomic E-state index is 12.5. The molecule has 2 aromatic rings. The summed E-state index contributed by atoms with van der Waals surface area (Å²) in [5.41, 5.74) is 6.12. The quantitative estimate of drug-likeness (QED) is 0.796. The van der Waals surface area contributed by atoms with Crippen LogP contribution >= 0.6 is 11.3 Å². The van der Waals surface area contributed by atoms with Crippen molar-refractivity contribution in [2.24, 2.45) is 11.7 Å². The summed E-state index contributed by atoms with van der Waals surface area (Å²) in [5, 5.41) is 5.73. The van der Waals surface area contributed by atoms with Crippen LogP contribution in [0, 0.1) is 17.8 Å². The van der Waals surface area contributed by atoms with Gasteiger partial charge >= 0.3 is 0 Å². The van der Waals surface area contributed by atoms with Gasteiger partial charge in [0.25, 0.3) is 11.8 Å². The fourth-order valence-corrected chi connectivity index (χ4v) is 4.30. The van der Waals surface area contributed by atoms with E-state index in [1.807, 2.05) is 5.38 Å². The Bertz CT molecular complexity index is 895. The second-order valence-electron chi connectivity index (χ2n) is 6.20. The number of pyridine rings is 1. The molecule has 0 aromatic carbocycles. The Morgan fingerprint density at radius 2 is 2.33 bits per heavy atom. The highest BCUT2D eigenvalue weighted by Gasteiger charge is 2.38. The van der Waals surface area contributed by atoms with Gasteiger partial charge in [0.1, 0.15) is 5.69 Å². The summed E-state index contributed by atoms with van der Waals surface area (Å²) in [4.78, 5) is 29.9. The number of primary amides is 1. The van der Waals surface area contributed by atoms with Crippen LogP contribution in [0.4, 0.5) is 0 Å². The first kappa shape index (κ1) is 15.1. The van der Waals surface area contributed by atoms with E-state index >= 15 is 0 Å². The molecule has 0 saturated carbocycles. The van der Waals surface area contributed by atoms with Gasteiger partial charge in [0.2, 0.25) is 0 Å². The minimum Gasteiger partial charge on any atom is -0.359 e. The predicted octanol–water partition coefficient (Wildman–Crippen LogP) is 0.915. The summed E-state index contributed by atoms with van der Waals surface area (Å²) >= 11 is 1.47. The van der Waals surface area contributed by atoms with Gasteiger partial charge in [-0.3, -0.25) is 14.5 Å². The van der Waals surface area contributed by atoms with Gasteiger partial charge < -0.3 is 11.1 Å². The highest BCUT2D eigenvalue weighted by Crippen LogP contribution is 2.31. The number of aromatic nitrogens is 1. The zero-order valence-electron chi connectivity index (χ0n) is 12.9. The summed E-state index contributed by atoms with van der Waals surface area (Å²) in [7, 11) is 0. The highest BCUT2D eigenvalue weighted by atomic mass is 32.1. The third-order valence-corrected chi connectivity index (χ3v) is 5.56. The lowest BCUT2D eigenvalue weighted by Gasteiger charge is -2.25. The molecule has 24 heavy (non-hydrogen) atoms. The number of carbonyl (C=O) groups is 2. The number of hydrogen-bond donors (Lipinski definition) is 2. The first-order valence-electron chi connectivity index (χ1n) is 7.84. The van der Waals surface area contributed by atoms with Crippen LogP contribution in [-0.4, -0.2) is 41.0 Å². The third-order valence-electron chi connectivity index (χ3n) is 4.63. The van der Waals surface area contributed by atoms with Gasteiger partial charge in [0.05, 0.1) is 10.9 Å². The largest absolute Gasteiger partial charge is 0.359 e. The molecule has 2 fully saturated rings. The average Bonchev–Trinajstić information content (AvgIpc) is 3.27. The normalized spacial score (nSPS) is 24.6. The van der Waals surface area contributed by atoms with Crippen LogP contribution in [-0.2, 0) is 4.79 Å². The number of nitrogens with one attached hydrogen (secondary N) is 1. The summed E-state index contributed by atoms with van der Waals surface area (Å²) in [5.74, 6) is 4.94. The molecule has 4 rings (SSSR count). The lowest BCUT2D eigenvalue weighted by molar-refractivity contribution is -0.112. The smallest absolute Gasteiger partial charge is 0.293 e. The summed E-state index contributed by atoms with van der Waals surface area (Å²) in [6, 6.07) is 1.73. The first-order valence-corrected chi connectivity index (χ1v) is 8.72. The highest BCUT2D eigenvalue weighted by molar-refractivity contribution is 7.17. The van der Waals surface area contributed by atoms with E-state index in [1.165, 1.54) is 17.8 Å². The van der Waals surface area contributed by atoms with Crippen molar-refractivity contribution < 1.29 is 9.59 Å². The molecule has 2 aromatic heterocycles. The van der Waals surface area contributed by atoms with E-state index in [-0.39, 0.29) is 12.1 Å². The van der Waals surface area contributed by atoms with E-state index in [9.17, 15) is 9.59 Å². The van der Waals surface area contributed by atoms with Gasteiger partial charge in [0.15, 0.2) is 0 Å². The fraction of sp³-hybridized carbons (Fsp3) is 0.353. The Labute approximate surface area is 143 Å². The van der Waals surface area contributed by atoms with E-state index in [0.29, 0.717) is 17.2 Å². The van der Waals surface area contributed by atoms with Crippen LogP contribution in [0.25, 0.3) is 10.1 Å². The molecule has 7 heteroatoms. The van der Waals surface area contributed by atoms with Crippen LogP contribution in [0.2, 0.25) is 0 Å². The number of rotatable bonds is 2. The maximum atomic E-state index is 12.5. The molecule has 6 nitrogen and oxygen atoms in total. The third kappa shape index (κ3) is 2.75. The second-order valence-corrected chi connectivity index (χ2v) is 7.12. The van der Waals surface area contributed by atoms with Crippen molar-refractivity contribution in [1.82, 2.24) is 15.2 Å². The molecule has 2 amide bonds. The van der Waals surface area contributed by atoms with Gasteiger partial charge in [-0.25, -0.2) is 4.98 Å². The zero-order chi connectivity index (χ0) is 16.7. The Morgan fingerprint density at radius 3 is 3.04 bits per heavy atom. The maximum Gasteiger partial charge on any atom is 0.293 e. The molecule has 2 saturated heterocycles. The van der Waals surface area contributed by atoms with Crippen molar-refractivity contribution in [2.45, 2.75) is 19.0 Å². The molecule has 2 aliphatic rings. The summed E-state index contributed by atoms with van der Waals surface area (Å²) in [6.07, 6.45) is 4.03. The van der Waals surface area contributed by atoms with Crippen LogP contribution in [0.15, 0.2) is 17.6 Å². The Morgan fingerprint density at radius 1 is 1.46 bits per heavy atom. The zero-order valence-corrected chi connectivity index (χ0v) is 13.7. The molecule has 2 bridgehead atoms. The van der Waals surface area contributed by atoms with E-state index in [2.05, 4.69) is 27.0 Å². The number of thiophene rings is 1. The minimum absolute atomic E-state index is 0.116. The number of piperidine rings is 1. The van der Waals surface area contributed by atoms with Crippen molar-refractivity contribution in [2.75, 3.05) is 13.1 Å². The topological polar surface area (TPSA) is 88.3 Å². The van der Waals surface area contributed by atoms with E-state index in [0.717, 1.165) is 29.6 Å². The molecule has 0 aliphatic carbocycles. The SMILES string of the molecule is NC(=O)C#Cc1csc2cnc(C(=O)NC3CC4CCN3C4)cc12. The Kier molecular flexibility index (Phi) is 3.71. The molecule has 0 spiro atoms. The number of amides is 2. The predicted molar refractivity (Wildman–Crippen MR) is 91.2 cm³/mol. The molecule has 3 atom stereocenters. The lowest BCUT2D eigenvalue weighted by Crippen LogP contribution is -2.45. The van der Waals surface area contributed by atoms with Crippen molar-refractivity contribution in [3.05, 3.63) is 28.9 Å². The second kappa shape index (κ2) is 5.89. The average molecular weight is 340 g/mol. The first-order chi connectivity index (χ1) is 11.6. The molecular formula is C17H16N4O2S. The number of hydrogen-bond acceptors (Lipinski definition) is 5. The van der Waals surface area contributed by atoms with Crippen molar-refractivity contribution >= 4 is 33.2 Å². The van der Waals surface area contributed by atoms with Crippen molar-refractivity contribution in [3.63, 3.8) is 0 Å². The number of nitrogens with zero attached hydrogens (tertiary/aromatic N) is 2. The van der Waals surface area contributed by atoms with Crippen LogP contribution in [0.1, 0.15) is 28.9 Å². The van der Waals surface area contributed by atoms with Crippen LogP contribution in [0.3, 0.4) is 0 Å². The molecule has 4 heterocycles. The molecule has 122 valence electrons. The minimum atomic E-state index is -0.674. The van der Waals surface area contributed by atoms with Gasteiger partial charge in [-0.05, 0) is 24.8 Å². The molecule has 0 radical (unpaired) electrons. The van der Waals surface area contributed by atoms with E-state index < -0.39 is 5.91 Å². The van der Waals surface area contributed by atoms with E-state index in [4.69, 9.17) is 5.73 Å². The van der Waals surface area contributed by atoms with Crippen molar-refractivity contribution in [3.8, 4) is 11.8 Å². The molecular weight excluding hydrogens is 324 g/mol. The Hall–Kier alpha value is -2.43. The van der Waals surface area contributed by atoms with E-state index in [1.54, 1.807) is 12.3 Å². The number of carbonyl (C=O) groups excluding carboxylic acids is 2. The number of nitrogens with two attached hydrogens (primary N) is 1. The number of fused-ring (bicyclic) bond motifs is 3.